The number of amides is 2. The first-order chi connectivity index (χ1) is 10.1. The van der Waals surface area contributed by atoms with Gasteiger partial charge in [-0.2, -0.15) is 0 Å². The molecule has 0 fully saturated rings. The number of hydrogen-bond donors (Lipinski definition) is 2. The minimum atomic E-state index is -0.706. The van der Waals surface area contributed by atoms with Crippen LogP contribution in [0.3, 0.4) is 0 Å². The standard InChI is InChI=1S/C17H18N2O2/c1-12-7-6-8-13(2)15(12)19-17(21)16(18-11-20)14-9-4-3-5-10-14/h3-11,16H,1-2H3,(H,18,20)(H,19,21)/t16-/m0/s1. The molecule has 4 heteroatoms. The quantitative estimate of drug-likeness (QED) is 0.828. The minimum Gasteiger partial charge on any atom is -0.343 e. The maximum atomic E-state index is 12.5. The molecule has 0 unspecified atom stereocenters. The Balaban J connectivity index is 2.26. The van der Waals surface area contributed by atoms with Crippen molar-refractivity contribution in [3.63, 3.8) is 0 Å². The van der Waals surface area contributed by atoms with Gasteiger partial charge in [-0.15, -0.1) is 0 Å². The van der Waals surface area contributed by atoms with E-state index in [2.05, 4.69) is 10.6 Å². The molecule has 0 aliphatic rings. The van der Waals surface area contributed by atoms with Crippen LogP contribution in [0.4, 0.5) is 5.69 Å². The second-order valence-corrected chi connectivity index (χ2v) is 4.88. The third-order valence-corrected chi connectivity index (χ3v) is 3.36. The van der Waals surface area contributed by atoms with E-state index in [-0.39, 0.29) is 5.91 Å². The molecule has 21 heavy (non-hydrogen) atoms. The van der Waals surface area contributed by atoms with Crippen molar-refractivity contribution < 1.29 is 9.59 Å². The number of nitrogens with one attached hydrogen (secondary N) is 2. The van der Waals surface area contributed by atoms with Crippen molar-refractivity contribution in [1.29, 1.82) is 0 Å². The molecule has 4 nitrogen and oxygen atoms in total. The first-order valence-electron chi connectivity index (χ1n) is 6.75. The van der Waals surface area contributed by atoms with Gasteiger partial charge in [0.2, 0.25) is 6.41 Å². The highest BCUT2D eigenvalue weighted by molar-refractivity contribution is 5.97. The summed E-state index contributed by atoms with van der Waals surface area (Å²) in [7, 11) is 0. The molecule has 0 aromatic heterocycles. The van der Waals surface area contributed by atoms with Gasteiger partial charge in [0.1, 0.15) is 6.04 Å². The van der Waals surface area contributed by atoms with Crippen molar-refractivity contribution >= 4 is 18.0 Å². The molecule has 0 heterocycles. The summed E-state index contributed by atoms with van der Waals surface area (Å²) in [4.78, 5) is 23.3. The molecule has 0 saturated heterocycles. The van der Waals surface area contributed by atoms with E-state index in [1.807, 2.05) is 62.4 Å². The summed E-state index contributed by atoms with van der Waals surface area (Å²) in [5.74, 6) is -0.259. The molecule has 2 N–H and O–H groups in total. The third kappa shape index (κ3) is 3.48. The van der Waals surface area contributed by atoms with Gasteiger partial charge in [0.25, 0.3) is 5.91 Å². The Kier molecular flexibility index (Phi) is 4.72. The van der Waals surface area contributed by atoms with Crippen LogP contribution >= 0.6 is 0 Å². The maximum Gasteiger partial charge on any atom is 0.251 e. The van der Waals surface area contributed by atoms with Crippen molar-refractivity contribution in [3.8, 4) is 0 Å². The van der Waals surface area contributed by atoms with Crippen LogP contribution in [0.15, 0.2) is 48.5 Å². The number of aryl methyl sites for hydroxylation is 2. The van der Waals surface area contributed by atoms with Crippen molar-refractivity contribution in [2.45, 2.75) is 19.9 Å². The van der Waals surface area contributed by atoms with E-state index in [0.717, 1.165) is 22.4 Å². The van der Waals surface area contributed by atoms with E-state index in [1.54, 1.807) is 0 Å². The first kappa shape index (κ1) is 14.8. The van der Waals surface area contributed by atoms with Crippen LogP contribution in [-0.4, -0.2) is 12.3 Å². The summed E-state index contributed by atoms with van der Waals surface area (Å²) in [5.41, 5.74) is 3.51. The molecule has 2 aromatic rings. The van der Waals surface area contributed by atoms with Crippen LogP contribution in [0.25, 0.3) is 0 Å². The summed E-state index contributed by atoms with van der Waals surface area (Å²) < 4.78 is 0. The zero-order valence-corrected chi connectivity index (χ0v) is 12.1. The van der Waals surface area contributed by atoms with Gasteiger partial charge in [0.15, 0.2) is 0 Å². The predicted molar refractivity (Wildman–Crippen MR) is 82.9 cm³/mol. The van der Waals surface area contributed by atoms with Crippen LogP contribution in [0.1, 0.15) is 22.7 Å². The second-order valence-electron chi connectivity index (χ2n) is 4.88. The SMILES string of the molecule is Cc1cccc(C)c1NC(=O)[C@@H](NC=O)c1ccccc1. The fourth-order valence-electron chi connectivity index (χ4n) is 2.24. The highest BCUT2D eigenvalue weighted by Crippen LogP contribution is 2.22. The van der Waals surface area contributed by atoms with Crippen molar-refractivity contribution in [1.82, 2.24) is 5.32 Å². The highest BCUT2D eigenvalue weighted by Gasteiger charge is 2.20. The average molecular weight is 282 g/mol. The van der Waals surface area contributed by atoms with Gasteiger partial charge in [-0.25, -0.2) is 0 Å². The summed E-state index contributed by atoms with van der Waals surface area (Å²) in [6, 6.07) is 14.3. The normalized spacial score (nSPS) is 11.5. The van der Waals surface area contributed by atoms with E-state index in [4.69, 9.17) is 0 Å². The topological polar surface area (TPSA) is 58.2 Å². The Morgan fingerprint density at radius 1 is 1.00 bits per heavy atom. The third-order valence-electron chi connectivity index (χ3n) is 3.36. The van der Waals surface area contributed by atoms with E-state index in [9.17, 15) is 9.59 Å². The Bertz CT molecular complexity index is 618. The van der Waals surface area contributed by atoms with Crippen molar-refractivity contribution in [2.75, 3.05) is 5.32 Å². The van der Waals surface area contributed by atoms with Crippen molar-refractivity contribution in [3.05, 3.63) is 65.2 Å². The number of carbonyl (C=O) groups excluding carboxylic acids is 2. The van der Waals surface area contributed by atoms with E-state index >= 15 is 0 Å². The fourth-order valence-corrected chi connectivity index (χ4v) is 2.24. The van der Waals surface area contributed by atoms with E-state index in [1.165, 1.54) is 0 Å². The average Bonchev–Trinajstić information content (AvgIpc) is 2.49. The van der Waals surface area contributed by atoms with Gasteiger partial charge < -0.3 is 10.6 Å². The lowest BCUT2D eigenvalue weighted by atomic mass is 10.0. The van der Waals surface area contributed by atoms with Gasteiger partial charge in [-0.1, -0.05) is 48.5 Å². The highest BCUT2D eigenvalue weighted by atomic mass is 16.2. The number of carbonyl (C=O) groups is 2. The molecule has 1 atom stereocenters. The number of anilines is 1. The Morgan fingerprint density at radius 2 is 1.62 bits per heavy atom. The number of benzene rings is 2. The lowest BCUT2D eigenvalue weighted by molar-refractivity contribution is -0.121. The molecule has 0 bridgehead atoms. The summed E-state index contributed by atoms with van der Waals surface area (Å²) in [6.45, 7) is 3.88. The summed E-state index contributed by atoms with van der Waals surface area (Å²) in [5, 5.41) is 5.47. The van der Waals surface area contributed by atoms with Gasteiger partial charge in [-0.05, 0) is 30.5 Å². The summed E-state index contributed by atoms with van der Waals surface area (Å²) >= 11 is 0. The lowest BCUT2D eigenvalue weighted by Crippen LogP contribution is -2.32. The van der Waals surface area contributed by atoms with Gasteiger partial charge in [0, 0.05) is 5.69 Å². The molecule has 0 aliphatic carbocycles. The molecule has 2 aromatic carbocycles. The molecule has 2 amide bonds. The maximum absolute atomic E-state index is 12.5. The van der Waals surface area contributed by atoms with E-state index < -0.39 is 6.04 Å². The van der Waals surface area contributed by atoms with Gasteiger partial charge in [0.05, 0.1) is 0 Å². The van der Waals surface area contributed by atoms with Crippen LogP contribution in [-0.2, 0) is 9.59 Å². The molecule has 0 radical (unpaired) electrons. The second kappa shape index (κ2) is 6.70. The summed E-state index contributed by atoms with van der Waals surface area (Å²) in [6.07, 6.45) is 0.544. The fraction of sp³-hybridized carbons (Fsp3) is 0.176. The van der Waals surface area contributed by atoms with Gasteiger partial charge in [-0.3, -0.25) is 9.59 Å². The monoisotopic (exact) mass is 282 g/mol. The van der Waals surface area contributed by atoms with E-state index in [0.29, 0.717) is 6.41 Å². The molecule has 2 rings (SSSR count). The Hall–Kier alpha value is -2.62. The number of hydrogen-bond acceptors (Lipinski definition) is 2. The van der Waals surface area contributed by atoms with Crippen LogP contribution in [0.2, 0.25) is 0 Å². The van der Waals surface area contributed by atoms with Crippen LogP contribution in [0, 0.1) is 13.8 Å². The predicted octanol–water partition coefficient (Wildman–Crippen LogP) is 2.73. The molecule has 0 spiro atoms. The Labute approximate surface area is 124 Å². The number of para-hydroxylation sites is 1. The largest absolute Gasteiger partial charge is 0.343 e. The lowest BCUT2D eigenvalue weighted by Gasteiger charge is -2.18. The number of rotatable bonds is 5. The molecular weight excluding hydrogens is 264 g/mol. The van der Waals surface area contributed by atoms with Crippen LogP contribution < -0.4 is 10.6 Å². The zero-order valence-electron chi connectivity index (χ0n) is 12.1. The van der Waals surface area contributed by atoms with Gasteiger partial charge >= 0.3 is 0 Å². The smallest absolute Gasteiger partial charge is 0.251 e. The van der Waals surface area contributed by atoms with Crippen molar-refractivity contribution in [2.24, 2.45) is 0 Å². The zero-order chi connectivity index (χ0) is 15.2. The minimum absolute atomic E-state index is 0.259. The first-order valence-corrected chi connectivity index (χ1v) is 6.75. The van der Waals surface area contributed by atoms with Crippen LogP contribution in [0.5, 0.6) is 0 Å². The molecule has 108 valence electrons. The molecular formula is C17H18N2O2. The Morgan fingerprint density at radius 3 is 2.19 bits per heavy atom. The molecule has 0 aliphatic heterocycles. The molecule has 0 saturated carbocycles.